The van der Waals surface area contributed by atoms with E-state index >= 15 is 0 Å². The second-order valence-corrected chi connectivity index (χ2v) is 11.6. The minimum atomic E-state index is -4.54. The Morgan fingerprint density at radius 3 is 2.49 bits per heavy atom. The molecule has 0 atom stereocenters. The standard InChI is InChI=1S/C34H34F3N5O/c1-23-6-9-27(19-26(23)11-13-31-24(2)38-32-5-3-4-14-42(31)32)33(43)39-29-12-10-28(30(20-29)34(35,36)37)22-41-17-15-40(16-18-41)21-25-7-8-25/h3-6,9-10,12,14,19-20,25H,7-8,15-18,21-22H2,1-2H3,(H,39,43). The molecule has 6 rings (SSSR count). The largest absolute Gasteiger partial charge is 0.416 e. The molecule has 4 aromatic rings. The van der Waals surface area contributed by atoms with Gasteiger partial charge in [0.25, 0.3) is 5.91 Å². The number of fused-ring (bicyclic) bond motifs is 1. The number of benzene rings is 2. The summed E-state index contributed by atoms with van der Waals surface area (Å²) in [6.07, 6.45) is -0.0547. The first-order chi connectivity index (χ1) is 20.6. The highest BCUT2D eigenvalue weighted by atomic mass is 19.4. The number of aromatic nitrogens is 2. The van der Waals surface area contributed by atoms with Gasteiger partial charge in [-0.15, -0.1) is 0 Å². The van der Waals surface area contributed by atoms with Crippen molar-refractivity contribution in [2.45, 2.75) is 39.4 Å². The molecular formula is C34H34F3N5O. The molecule has 2 fully saturated rings. The van der Waals surface area contributed by atoms with Gasteiger partial charge in [0, 0.05) is 62.3 Å². The number of carbonyl (C=O) groups excluding carboxylic acids is 1. The molecule has 222 valence electrons. The molecule has 0 spiro atoms. The third kappa shape index (κ3) is 6.76. The van der Waals surface area contributed by atoms with Crippen LogP contribution in [0.1, 0.15) is 56.8 Å². The Bertz CT molecular complexity index is 1720. The number of halogens is 3. The highest BCUT2D eigenvalue weighted by Gasteiger charge is 2.34. The zero-order valence-electron chi connectivity index (χ0n) is 24.3. The first-order valence-electron chi connectivity index (χ1n) is 14.7. The maximum absolute atomic E-state index is 14.1. The van der Waals surface area contributed by atoms with Crippen molar-refractivity contribution in [1.82, 2.24) is 19.2 Å². The van der Waals surface area contributed by atoms with Crippen LogP contribution < -0.4 is 5.32 Å². The van der Waals surface area contributed by atoms with Gasteiger partial charge in [-0.3, -0.25) is 14.1 Å². The van der Waals surface area contributed by atoms with Crippen LogP contribution in [0.15, 0.2) is 60.8 Å². The summed E-state index contributed by atoms with van der Waals surface area (Å²) in [5, 5.41) is 2.66. The predicted molar refractivity (Wildman–Crippen MR) is 161 cm³/mol. The highest BCUT2D eigenvalue weighted by Crippen LogP contribution is 2.35. The van der Waals surface area contributed by atoms with E-state index in [1.165, 1.54) is 18.9 Å². The van der Waals surface area contributed by atoms with Gasteiger partial charge in [-0.05, 0) is 86.1 Å². The Labute approximate surface area is 249 Å². The number of hydrogen-bond acceptors (Lipinski definition) is 4. The molecule has 1 saturated carbocycles. The Morgan fingerprint density at radius 1 is 0.977 bits per heavy atom. The van der Waals surface area contributed by atoms with Gasteiger partial charge in [0.1, 0.15) is 11.3 Å². The number of piperazine rings is 1. The van der Waals surface area contributed by atoms with Crippen molar-refractivity contribution in [3.8, 4) is 11.8 Å². The van der Waals surface area contributed by atoms with Crippen molar-refractivity contribution < 1.29 is 18.0 Å². The molecule has 1 N–H and O–H groups in total. The van der Waals surface area contributed by atoms with Gasteiger partial charge in [-0.1, -0.05) is 24.1 Å². The van der Waals surface area contributed by atoms with Crippen molar-refractivity contribution in [3.63, 3.8) is 0 Å². The van der Waals surface area contributed by atoms with Gasteiger partial charge in [0.15, 0.2) is 0 Å². The van der Waals surface area contributed by atoms with E-state index in [-0.39, 0.29) is 17.8 Å². The lowest BCUT2D eigenvalue weighted by molar-refractivity contribution is -0.138. The van der Waals surface area contributed by atoms with Gasteiger partial charge >= 0.3 is 6.18 Å². The molecule has 2 aromatic carbocycles. The minimum absolute atomic E-state index is 0.102. The summed E-state index contributed by atoms with van der Waals surface area (Å²) in [4.78, 5) is 22.2. The van der Waals surface area contributed by atoms with Crippen LogP contribution in [0.3, 0.4) is 0 Å². The lowest BCUT2D eigenvalue weighted by Gasteiger charge is -2.35. The van der Waals surface area contributed by atoms with Crippen molar-refractivity contribution in [3.05, 3.63) is 100.0 Å². The van der Waals surface area contributed by atoms with Gasteiger partial charge in [-0.25, -0.2) is 4.98 Å². The molecule has 0 radical (unpaired) electrons. The summed E-state index contributed by atoms with van der Waals surface area (Å²) in [6, 6.07) is 14.9. The number of carbonyl (C=O) groups is 1. The number of aryl methyl sites for hydroxylation is 2. The molecule has 0 bridgehead atoms. The molecule has 2 aliphatic rings. The van der Waals surface area contributed by atoms with Gasteiger partial charge in [0.2, 0.25) is 0 Å². The maximum Gasteiger partial charge on any atom is 0.416 e. The first-order valence-corrected chi connectivity index (χ1v) is 14.7. The average Bonchev–Trinajstić information content (AvgIpc) is 3.74. The van der Waals surface area contributed by atoms with Crippen LogP contribution in [-0.2, 0) is 12.7 Å². The number of nitrogens with one attached hydrogen (secondary N) is 1. The SMILES string of the molecule is Cc1ccc(C(=O)Nc2ccc(CN3CCN(CC4CC4)CC3)c(C(F)(F)F)c2)cc1C#Cc1c(C)nc2ccccn12. The molecule has 2 aromatic heterocycles. The van der Waals surface area contributed by atoms with E-state index in [2.05, 4.69) is 31.9 Å². The molecule has 9 heteroatoms. The van der Waals surface area contributed by atoms with Crippen LogP contribution in [0.5, 0.6) is 0 Å². The van der Waals surface area contributed by atoms with E-state index in [0.29, 0.717) is 11.1 Å². The predicted octanol–water partition coefficient (Wildman–Crippen LogP) is 6.15. The van der Waals surface area contributed by atoms with Crippen molar-refractivity contribution >= 4 is 17.2 Å². The lowest BCUT2D eigenvalue weighted by atomic mass is 10.0. The fraction of sp³-hybridized carbons (Fsp3) is 0.353. The summed E-state index contributed by atoms with van der Waals surface area (Å²) in [7, 11) is 0. The van der Waals surface area contributed by atoms with E-state index in [0.717, 1.165) is 67.3 Å². The number of hydrogen-bond donors (Lipinski definition) is 1. The smallest absolute Gasteiger partial charge is 0.322 e. The van der Waals surface area contributed by atoms with E-state index in [9.17, 15) is 18.0 Å². The minimum Gasteiger partial charge on any atom is -0.322 e. The van der Waals surface area contributed by atoms with Crippen LogP contribution in [0, 0.1) is 31.6 Å². The zero-order chi connectivity index (χ0) is 30.1. The Morgan fingerprint density at radius 2 is 1.74 bits per heavy atom. The molecule has 1 saturated heterocycles. The number of imidazole rings is 1. The fourth-order valence-corrected chi connectivity index (χ4v) is 5.58. The molecule has 1 amide bonds. The summed E-state index contributed by atoms with van der Waals surface area (Å²) in [5.41, 5.74) is 3.80. The fourth-order valence-electron chi connectivity index (χ4n) is 5.58. The van der Waals surface area contributed by atoms with Crippen LogP contribution in [0.2, 0.25) is 0 Å². The van der Waals surface area contributed by atoms with Gasteiger partial charge in [-0.2, -0.15) is 13.2 Å². The third-order valence-corrected chi connectivity index (χ3v) is 8.26. The van der Waals surface area contributed by atoms with E-state index in [1.54, 1.807) is 24.3 Å². The van der Waals surface area contributed by atoms with Gasteiger partial charge < -0.3 is 10.2 Å². The normalized spacial score (nSPS) is 16.2. The second-order valence-electron chi connectivity index (χ2n) is 11.6. The monoisotopic (exact) mass is 585 g/mol. The zero-order valence-corrected chi connectivity index (χ0v) is 24.3. The Hall–Kier alpha value is -4.13. The second kappa shape index (κ2) is 11.9. The number of anilines is 1. The third-order valence-electron chi connectivity index (χ3n) is 8.26. The Balaban J connectivity index is 1.17. The topological polar surface area (TPSA) is 52.9 Å². The van der Waals surface area contributed by atoms with Crippen LogP contribution in [-0.4, -0.2) is 57.8 Å². The number of alkyl halides is 3. The molecule has 1 aliphatic carbocycles. The molecule has 43 heavy (non-hydrogen) atoms. The average molecular weight is 586 g/mol. The number of nitrogens with zero attached hydrogens (tertiary/aromatic N) is 4. The molecule has 6 nitrogen and oxygen atoms in total. The summed E-state index contributed by atoms with van der Waals surface area (Å²) >= 11 is 0. The first kappa shape index (κ1) is 29.0. The van der Waals surface area contributed by atoms with E-state index in [1.807, 2.05) is 42.6 Å². The quantitative estimate of drug-likeness (QED) is 0.276. The molecule has 1 aliphatic heterocycles. The van der Waals surface area contributed by atoms with Crippen molar-refractivity contribution in [2.24, 2.45) is 5.92 Å². The van der Waals surface area contributed by atoms with E-state index in [4.69, 9.17) is 0 Å². The number of rotatable bonds is 6. The molecule has 3 heterocycles. The summed E-state index contributed by atoms with van der Waals surface area (Å²) in [5.74, 6) is 6.63. The lowest BCUT2D eigenvalue weighted by Crippen LogP contribution is -2.46. The van der Waals surface area contributed by atoms with Crippen molar-refractivity contribution in [2.75, 3.05) is 38.0 Å². The highest BCUT2D eigenvalue weighted by molar-refractivity contribution is 6.04. The number of pyridine rings is 1. The molecular weight excluding hydrogens is 551 g/mol. The van der Waals surface area contributed by atoms with Crippen LogP contribution in [0.4, 0.5) is 18.9 Å². The van der Waals surface area contributed by atoms with Crippen LogP contribution in [0.25, 0.3) is 5.65 Å². The maximum atomic E-state index is 14.1. The number of amides is 1. The van der Waals surface area contributed by atoms with Crippen LogP contribution >= 0.6 is 0 Å². The van der Waals surface area contributed by atoms with Gasteiger partial charge in [0.05, 0.1) is 11.3 Å². The molecule has 0 unspecified atom stereocenters. The summed E-state index contributed by atoms with van der Waals surface area (Å²) < 4.78 is 44.3. The van der Waals surface area contributed by atoms with Crippen molar-refractivity contribution in [1.29, 1.82) is 0 Å². The Kier molecular flexibility index (Phi) is 7.99. The van der Waals surface area contributed by atoms with E-state index < -0.39 is 17.6 Å². The summed E-state index contributed by atoms with van der Waals surface area (Å²) in [6.45, 7) is 8.38.